The summed E-state index contributed by atoms with van der Waals surface area (Å²) in [7, 11) is 0. The molecule has 1 aliphatic heterocycles. The van der Waals surface area contributed by atoms with Crippen LogP contribution >= 0.6 is 0 Å². The van der Waals surface area contributed by atoms with Gasteiger partial charge in [0.05, 0.1) is 16.6 Å². The fourth-order valence-corrected chi connectivity index (χ4v) is 5.33. The molecule has 10 heteroatoms. The zero-order valence-electron chi connectivity index (χ0n) is 27.1. The molecule has 0 aliphatic carbocycles. The van der Waals surface area contributed by atoms with Crippen molar-refractivity contribution in [3.8, 4) is 0 Å². The number of likely N-dealkylation sites (tertiary alicyclic amines) is 1. The molecule has 0 saturated carbocycles. The number of aryl methyl sites for hydroxylation is 1. The van der Waals surface area contributed by atoms with Crippen molar-refractivity contribution in [3.63, 3.8) is 0 Å². The summed E-state index contributed by atoms with van der Waals surface area (Å²) in [6, 6.07) is 3.12. The van der Waals surface area contributed by atoms with Crippen LogP contribution in [0, 0.1) is 18.2 Å². The minimum absolute atomic E-state index is 0.00787. The van der Waals surface area contributed by atoms with Crippen LogP contribution < -0.4 is 5.32 Å². The minimum Gasteiger partial charge on any atom is -0.460 e. The van der Waals surface area contributed by atoms with Gasteiger partial charge in [0.1, 0.15) is 17.0 Å². The molecule has 3 heterocycles. The summed E-state index contributed by atoms with van der Waals surface area (Å²) in [5, 5.41) is 7.87. The number of carbonyl (C=O) groups is 2. The first-order chi connectivity index (χ1) is 19.1. The van der Waals surface area contributed by atoms with Gasteiger partial charge in [-0.15, -0.1) is 0 Å². The van der Waals surface area contributed by atoms with Crippen LogP contribution in [0.4, 0.5) is 20.8 Å². The van der Waals surface area contributed by atoms with Crippen molar-refractivity contribution in [3.05, 3.63) is 41.5 Å². The number of piperidine rings is 1. The van der Waals surface area contributed by atoms with Crippen molar-refractivity contribution >= 4 is 29.8 Å². The standard InChI is InChI=1S/C32H48FN5O4/c1-13-22-17-24(35-25-16-20(2)38(36-25)29(4,5)6)34-23(26(22)33)19-32(27(39)41-30(7,8)9)14-15-37(21(3)18-32)28(40)42-31(10,11)12/h13,16-17,21H,1,14-15,18-19H2,2-12H3,(H,34,35,36)/t21-,32-/m1/s1. The summed E-state index contributed by atoms with van der Waals surface area (Å²) >= 11 is 0. The number of halogens is 1. The van der Waals surface area contributed by atoms with Gasteiger partial charge in [-0.2, -0.15) is 5.10 Å². The topological polar surface area (TPSA) is 98.6 Å². The molecule has 42 heavy (non-hydrogen) atoms. The maximum Gasteiger partial charge on any atom is 0.410 e. The molecule has 1 N–H and O–H groups in total. The number of carbonyl (C=O) groups excluding carboxylic acids is 2. The third-order valence-corrected chi connectivity index (χ3v) is 7.07. The SMILES string of the molecule is C=Cc1cc(Nc2cc(C)n(C(C)(C)C)n2)nc(C[C@@]2(C(=O)OC(C)(C)C)CCN(C(=O)OC(C)(C)C)[C@H](C)C2)c1F. The van der Waals surface area contributed by atoms with Crippen LogP contribution in [0.1, 0.15) is 99.0 Å². The molecule has 2 aromatic heterocycles. The first-order valence-electron chi connectivity index (χ1n) is 14.5. The number of esters is 1. The fourth-order valence-electron chi connectivity index (χ4n) is 5.33. The smallest absolute Gasteiger partial charge is 0.410 e. The molecule has 1 aliphatic rings. The van der Waals surface area contributed by atoms with Gasteiger partial charge in [0.25, 0.3) is 0 Å². The number of pyridine rings is 1. The summed E-state index contributed by atoms with van der Waals surface area (Å²) in [6.45, 7) is 24.9. The monoisotopic (exact) mass is 585 g/mol. The number of aromatic nitrogens is 3. The van der Waals surface area contributed by atoms with Crippen molar-refractivity contribution in [2.24, 2.45) is 5.41 Å². The number of nitrogens with zero attached hydrogens (tertiary/aromatic N) is 4. The molecule has 1 saturated heterocycles. The number of nitrogens with one attached hydrogen (secondary N) is 1. The van der Waals surface area contributed by atoms with Crippen molar-refractivity contribution in [1.82, 2.24) is 19.7 Å². The van der Waals surface area contributed by atoms with E-state index < -0.39 is 34.5 Å². The molecule has 1 fully saturated rings. The van der Waals surface area contributed by atoms with E-state index in [9.17, 15) is 9.59 Å². The van der Waals surface area contributed by atoms with Crippen molar-refractivity contribution in [2.75, 3.05) is 11.9 Å². The molecular weight excluding hydrogens is 537 g/mol. The summed E-state index contributed by atoms with van der Waals surface area (Å²) in [5.41, 5.74) is -1.40. The largest absolute Gasteiger partial charge is 0.460 e. The molecule has 0 unspecified atom stereocenters. The summed E-state index contributed by atoms with van der Waals surface area (Å²) in [6.07, 6.45) is 1.51. The van der Waals surface area contributed by atoms with Gasteiger partial charge in [-0.3, -0.25) is 9.48 Å². The number of hydrogen-bond donors (Lipinski definition) is 1. The predicted molar refractivity (Wildman–Crippen MR) is 163 cm³/mol. The van der Waals surface area contributed by atoms with Crippen LogP contribution in [0.2, 0.25) is 0 Å². The second kappa shape index (κ2) is 11.7. The first kappa shape index (κ1) is 33.1. The Morgan fingerprint density at radius 2 is 1.71 bits per heavy atom. The third kappa shape index (κ3) is 7.89. The Bertz CT molecular complexity index is 1330. The molecule has 2 aromatic rings. The Labute approximate surface area is 249 Å². The number of hydrogen-bond acceptors (Lipinski definition) is 7. The molecule has 0 radical (unpaired) electrons. The van der Waals surface area contributed by atoms with Crippen molar-refractivity contribution in [1.29, 1.82) is 0 Å². The van der Waals surface area contributed by atoms with Gasteiger partial charge in [-0.05, 0) is 95.1 Å². The Hall–Kier alpha value is -3.43. The normalized spacial score (nSPS) is 19.8. The van der Waals surface area contributed by atoms with E-state index in [2.05, 4.69) is 42.7 Å². The summed E-state index contributed by atoms with van der Waals surface area (Å²) in [5.74, 6) is -0.0239. The summed E-state index contributed by atoms with van der Waals surface area (Å²) < 4.78 is 29.2. The van der Waals surface area contributed by atoms with E-state index in [0.29, 0.717) is 11.6 Å². The highest BCUT2D eigenvalue weighted by molar-refractivity contribution is 5.79. The minimum atomic E-state index is -1.11. The lowest BCUT2D eigenvalue weighted by Crippen LogP contribution is -2.54. The molecule has 0 aromatic carbocycles. The van der Waals surface area contributed by atoms with Gasteiger partial charge in [0, 0.05) is 36.3 Å². The van der Waals surface area contributed by atoms with Gasteiger partial charge >= 0.3 is 12.1 Å². The van der Waals surface area contributed by atoms with Crippen LogP contribution in [-0.4, -0.2) is 55.5 Å². The Morgan fingerprint density at radius 1 is 1.10 bits per heavy atom. The lowest BCUT2D eigenvalue weighted by molar-refractivity contribution is -0.172. The first-order valence-corrected chi connectivity index (χ1v) is 14.5. The molecule has 2 atom stereocenters. The molecule has 3 rings (SSSR count). The molecular formula is C32H48FN5O4. The van der Waals surface area contributed by atoms with Crippen molar-refractivity contribution in [2.45, 2.75) is 118 Å². The Balaban J connectivity index is 2.00. The molecule has 0 spiro atoms. The average molecular weight is 586 g/mol. The highest BCUT2D eigenvalue weighted by atomic mass is 19.1. The van der Waals surface area contributed by atoms with E-state index >= 15 is 4.39 Å². The van der Waals surface area contributed by atoms with E-state index in [0.717, 1.165) is 5.69 Å². The van der Waals surface area contributed by atoms with E-state index in [4.69, 9.17) is 9.47 Å². The van der Waals surface area contributed by atoms with Crippen LogP contribution in [0.5, 0.6) is 0 Å². The molecule has 232 valence electrons. The van der Waals surface area contributed by atoms with E-state index in [1.807, 2.05) is 45.4 Å². The number of amides is 1. The van der Waals surface area contributed by atoms with Gasteiger partial charge < -0.3 is 19.7 Å². The van der Waals surface area contributed by atoms with Crippen molar-refractivity contribution < 1.29 is 23.5 Å². The number of rotatable bonds is 6. The molecule has 1 amide bonds. The van der Waals surface area contributed by atoms with Crippen LogP contribution in [0.3, 0.4) is 0 Å². The predicted octanol–water partition coefficient (Wildman–Crippen LogP) is 7.16. The lowest BCUT2D eigenvalue weighted by Gasteiger charge is -2.44. The molecule has 0 bridgehead atoms. The summed E-state index contributed by atoms with van der Waals surface area (Å²) in [4.78, 5) is 33.0. The number of anilines is 2. The zero-order chi connectivity index (χ0) is 31.8. The zero-order valence-corrected chi connectivity index (χ0v) is 27.1. The maximum absolute atomic E-state index is 15.8. The molecule has 9 nitrogen and oxygen atoms in total. The van der Waals surface area contributed by atoms with E-state index in [1.165, 1.54) is 6.08 Å². The fraction of sp³-hybridized carbons (Fsp3) is 0.625. The lowest BCUT2D eigenvalue weighted by atomic mass is 9.72. The van der Waals surface area contributed by atoms with E-state index in [1.54, 1.807) is 31.7 Å². The van der Waals surface area contributed by atoms with Crippen LogP contribution in [-0.2, 0) is 26.2 Å². The third-order valence-electron chi connectivity index (χ3n) is 7.07. The highest BCUT2D eigenvalue weighted by Gasteiger charge is 2.49. The number of ether oxygens (including phenoxy) is 2. The van der Waals surface area contributed by atoms with Gasteiger partial charge in [0.15, 0.2) is 11.6 Å². The Morgan fingerprint density at radius 3 is 2.21 bits per heavy atom. The van der Waals surface area contributed by atoms with Gasteiger partial charge in [-0.1, -0.05) is 12.7 Å². The van der Waals surface area contributed by atoms with Gasteiger partial charge in [-0.25, -0.2) is 14.2 Å². The van der Waals surface area contributed by atoms with E-state index in [-0.39, 0.29) is 48.6 Å². The quantitative estimate of drug-likeness (QED) is 0.359. The van der Waals surface area contributed by atoms with Crippen LogP contribution in [0.15, 0.2) is 18.7 Å². The second-order valence-electron chi connectivity index (χ2n) is 14.4. The maximum atomic E-state index is 15.8. The average Bonchev–Trinajstić information content (AvgIpc) is 3.19. The van der Waals surface area contributed by atoms with Crippen LogP contribution in [0.25, 0.3) is 6.08 Å². The Kier molecular flexibility index (Phi) is 9.20. The van der Waals surface area contributed by atoms with Gasteiger partial charge in [0.2, 0.25) is 0 Å². The second-order valence-corrected chi connectivity index (χ2v) is 14.4. The highest BCUT2D eigenvalue weighted by Crippen LogP contribution is 2.41.